The normalized spacial score (nSPS) is 14.7. The van der Waals surface area contributed by atoms with Crippen molar-refractivity contribution in [3.63, 3.8) is 0 Å². The molecular formula is C18H20BrNO. The summed E-state index contributed by atoms with van der Waals surface area (Å²) in [5.74, 6) is 0.901. The van der Waals surface area contributed by atoms with Crippen LogP contribution in [-0.2, 0) is 13.2 Å². The summed E-state index contributed by atoms with van der Waals surface area (Å²) < 4.78 is 6.95. The number of hydrogen-bond donors (Lipinski definition) is 1. The zero-order valence-electron chi connectivity index (χ0n) is 12.0. The molecule has 2 aromatic carbocycles. The van der Waals surface area contributed by atoms with E-state index in [0.29, 0.717) is 12.6 Å². The van der Waals surface area contributed by atoms with Gasteiger partial charge in [0.1, 0.15) is 12.4 Å². The van der Waals surface area contributed by atoms with E-state index in [4.69, 9.17) is 4.74 Å². The van der Waals surface area contributed by atoms with Gasteiger partial charge >= 0.3 is 0 Å². The molecule has 3 rings (SSSR count). The van der Waals surface area contributed by atoms with E-state index in [1.54, 1.807) is 0 Å². The van der Waals surface area contributed by atoms with Gasteiger partial charge in [-0.3, -0.25) is 0 Å². The van der Waals surface area contributed by atoms with Crippen LogP contribution in [0.3, 0.4) is 0 Å². The summed E-state index contributed by atoms with van der Waals surface area (Å²) in [6, 6.07) is 17.2. The molecule has 0 unspecified atom stereocenters. The second kappa shape index (κ2) is 7.10. The van der Waals surface area contributed by atoms with E-state index in [1.807, 2.05) is 24.3 Å². The molecule has 0 radical (unpaired) electrons. The van der Waals surface area contributed by atoms with E-state index < -0.39 is 0 Å². The third kappa shape index (κ3) is 4.08. The fourth-order valence-corrected chi connectivity index (χ4v) is 2.87. The van der Waals surface area contributed by atoms with Crippen LogP contribution in [0.15, 0.2) is 53.0 Å². The van der Waals surface area contributed by atoms with Gasteiger partial charge in [-0.05, 0) is 36.1 Å². The van der Waals surface area contributed by atoms with E-state index >= 15 is 0 Å². The lowest BCUT2D eigenvalue weighted by molar-refractivity contribution is 0.305. The van der Waals surface area contributed by atoms with E-state index in [-0.39, 0.29) is 0 Å². The summed E-state index contributed by atoms with van der Waals surface area (Å²) in [6.07, 6.45) is 4.00. The molecule has 1 saturated carbocycles. The Morgan fingerprint density at radius 2 is 1.90 bits per heavy atom. The number of ether oxygens (including phenoxy) is 1. The molecule has 0 aromatic heterocycles. The summed E-state index contributed by atoms with van der Waals surface area (Å²) in [4.78, 5) is 0. The van der Waals surface area contributed by atoms with Gasteiger partial charge in [0.15, 0.2) is 0 Å². The number of hydrogen-bond acceptors (Lipinski definition) is 2. The average Bonchev–Trinajstić information content (AvgIpc) is 2.46. The highest BCUT2D eigenvalue weighted by atomic mass is 79.9. The molecule has 1 N–H and O–H groups in total. The van der Waals surface area contributed by atoms with Crippen molar-refractivity contribution in [2.75, 3.05) is 0 Å². The van der Waals surface area contributed by atoms with Gasteiger partial charge in [0.25, 0.3) is 0 Å². The van der Waals surface area contributed by atoms with Crippen LogP contribution >= 0.6 is 15.9 Å². The maximum Gasteiger partial charge on any atom is 0.120 e. The average molecular weight is 346 g/mol. The molecule has 0 heterocycles. The predicted octanol–water partition coefficient (Wildman–Crippen LogP) is 4.67. The Morgan fingerprint density at radius 1 is 1.10 bits per heavy atom. The Kier molecular flexibility index (Phi) is 4.94. The smallest absolute Gasteiger partial charge is 0.120 e. The fourth-order valence-electron chi connectivity index (χ4n) is 2.37. The Labute approximate surface area is 134 Å². The minimum atomic E-state index is 0.604. The molecule has 1 fully saturated rings. The Balaban J connectivity index is 1.55. The molecule has 2 nitrogen and oxygen atoms in total. The van der Waals surface area contributed by atoms with E-state index in [0.717, 1.165) is 16.8 Å². The summed E-state index contributed by atoms with van der Waals surface area (Å²) >= 11 is 3.64. The van der Waals surface area contributed by atoms with Crippen LogP contribution in [0.5, 0.6) is 5.75 Å². The Hall–Kier alpha value is -1.32. The first-order valence-corrected chi connectivity index (χ1v) is 8.29. The molecule has 0 saturated heterocycles. The van der Waals surface area contributed by atoms with Gasteiger partial charge < -0.3 is 10.1 Å². The third-order valence-corrected chi connectivity index (χ3v) is 4.70. The lowest BCUT2D eigenvalue weighted by Gasteiger charge is -2.26. The molecule has 1 aliphatic rings. The fraction of sp³-hybridized carbons (Fsp3) is 0.333. The quantitative estimate of drug-likeness (QED) is 0.821. The molecule has 0 aliphatic heterocycles. The van der Waals surface area contributed by atoms with E-state index in [2.05, 4.69) is 45.5 Å². The van der Waals surface area contributed by atoms with Crippen LogP contribution in [0.1, 0.15) is 30.4 Å². The maximum atomic E-state index is 5.84. The van der Waals surface area contributed by atoms with Crippen molar-refractivity contribution in [2.45, 2.75) is 38.5 Å². The number of rotatable bonds is 6. The first-order chi connectivity index (χ1) is 10.3. The van der Waals surface area contributed by atoms with Crippen molar-refractivity contribution in [3.05, 3.63) is 64.1 Å². The van der Waals surface area contributed by atoms with Crippen LogP contribution in [0.2, 0.25) is 0 Å². The van der Waals surface area contributed by atoms with Crippen molar-refractivity contribution in [1.29, 1.82) is 0 Å². The van der Waals surface area contributed by atoms with E-state index in [9.17, 15) is 0 Å². The van der Waals surface area contributed by atoms with Crippen molar-refractivity contribution in [2.24, 2.45) is 0 Å². The highest BCUT2D eigenvalue weighted by Gasteiger charge is 2.16. The molecule has 2 aromatic rings. The minimum Gasteiger partial charge on any atom is -0.489 e. The lowest BCUT2D eigenvalue weighted by atomic mass is 9.93. The van der Waals surface area contributed by atoms with Crippen molar-refractivity contribution >= 4 is 15.9 Å². The van der Waals surface area contributed by atoms with Gasteiger partial charge in [-0.15, -0.1) is 0 Å². The second-order valence-corrected chi connectivity index (χ2v) is 6.39. The number of halogens is 1. The number of nitrogens with one attached hydrogen (secondary N) is 1. The van der Waals surface area contributed by atoms with Gasteiger partial charge in [-0.25, -0.2) is 0 Å². The Morgan fingerprint density at radius 3 is 2.57 bits per heavy atom. The summed E-state index contributed by atoms with van der Waals surface area (Å²) in [5, 5.41) is 3.58. The van der Waals surface area contributed by atoms with Crippen molar-refractivity contribution in [1.82, 2.24) is 5.32 Å². The minimum absolute atomic E-state index is 0.604. The topological polar surface area (TPSA) is 21.3 Å². The Bertz CT molecular complexity index is 581. The van der Waals surface area contributed by atoms with Gasteiger partial charge in [0.05, 0.1) is 0 Å². The molecule has 3 heteroatoms. The van der Waals surface area contributed by atoms with E-state index in [1.165, 1.54) is 30.4 Å². The molecule has 0 spiro atoms. The van der Waals surface area contributed by atoms with Crippen LogP contribution in [-0.4, -0.2) is 6.04 Å². The molecule has 110 valence electrons. The van der Waals surface area contributed by atoms with Crippen molar-refractivity contribution in [3.8, 4) is 5.75 Å². The second-order valence-electron chi connectivity index (χ2n) is 5.54. The molecule has 0 amide bonds. The zero-order valence-corrected chi connectivity index (χ0v) is 13.6. The molecule has 0 atom stereocenters. The lowest BCUT2D eigenvalue weighted by Crippen LogP contribution is -2.34. The molecule has 0 bridgehead atoms. The summed E-state index contributed by atoms with van der Waals surface area (Å²) in [6.45, 7) is 1.52. The first kappa shape index (κ1) is 14.6. The van der Waals surface area contributed by atoms with Crippen LogP contribution in [0.25, 0.3) is 0 Å². The first-order valence-electron chi connectivity index (χ1n) is 7.50. The largest absolute Gasteiger partial charge is 0.489 e. The van der Waals surface area contributed by atoms with Crippen molar-refractivity contribution < 1.29 is 4.74 Å². The molecule has 21 heavy (non-hydrogen) atoms. The van der Waals surface area contributed by atoms with Gasteiger partial charge in [0.2, 0.25) is 0 Å². The molecule has 1 aliphatic carbocycles. The van der Waals surface area contributed by atoms with Gasteiger partial charge in [-0.2, -0.15) is 0 Å². The summed E-state index contributed by atoms with van der Waals surface area (Å²) in [7, 11) is 0. The van der Waals surface area contributed by atoms with Gasteiger partial charge in [-0.1, -0.05) is 58.7 Å². The molecular weight excluding hydrogens is 326 g/mol. The maximum absolute atomic E-state index is 5.84. The third-order valence-electron chi connectivity index (χ3n) is 3.96. The number of benzene rings is 2. The van der Waals surface area contributed by atoms with Crippen LogP contribution < -0.4 is 10.1 Å². The van der Waals surface area contributed by atoms with Crippen LogP contribution in [0.4, 0.5) is 0 Å². The zero-order chi connectivity index (χ0) is 14.5. The van der Waals surface area contributed by atoms with Crippen LogP contribution in [0, 0.1) is 0 Å². The predicted molar refractivity (Wildman–Crippen MR) is 89.4 cm³/mol. The standard InChI is InChI=1S/C18H20BrNO/c19-18-11-17(21-13-14-5-2-1-3-6-14)10-9-15(18)12-20-16-7-4-8-16/h1-3,5-6,9-11,16,20H,4,7-8,12-13H2. The highest BCUT2D eigenvalue weighted by molar-refractivity contribution is 9.10. The summed E-state index contributed by atoms with van der Waals surface area (Å²) in [5.41, 5.74) is 2.47. The highest BCUT2D eigenvalue weighted by Crippen LogP contribution is 2.25. The SMILES string of the molecule is Brc1cc(OCc2ccccc2)ccc1CNC1CCC1. The van der Waals surface area contributed by atoms with Gasteiger partial charge in [0, 0.05) is 17.1 Å². The monoisotopic (exact) mass is 345 g/mol.